The fourth-order valence-electron chi connectivity index (χ4n) is 3.41. The Kier molecular flexibility index (Phi) is 5.02. The molecule has 2 saturated heterocycles. The molecule has 0 aromatic heterocycles. The van der Waals surface area contributed by atoms with E-state index in [9.17, 15) is 9.59 Å². The van der Waals surface area contributed by atoms with Crippen LogP contribution in [0.3, 0.4) is 0 Å². The molecule has 2 aliphatic heterocycles. The summed E-state index contributed by atoms with van der Waals surface area (Å²) in [5, 5.41) is 9.06. The quantitative estimate of drug-likeness (QED) is 0.847. The Labute approximate surface area is 120 Å². The average Bonchev–Trinajstić information content (AvgIpc) is 2.89. The number of carbonyl (C=O) groups is 2. The highest BCUT2D eigenvalue weighted by Crippen LogP contribution is 2.23. The molecule has 2 heterocycles. The summed E-state index contributed by atoms with van der Waals surface area (Å²) in [6.45, 7) is 7.12. The van der Waals surface area contributed by atoms with Crippen LogP contribution in [-0.2, 0) is 9.59 Å². The van der Waals surface area contributed by atoms with E-state index in [0.29, 0.717) is 19.5 Å². The fourth-order valence-corrected chi connectivity index (χ4v) is 3.41. The first-order chi connectivity index (χ1) is 9.50. The molecule has 2 aliphatic rings. The first-order valence-electron chi connectivity index (χ1n) is 7.76. The molecule has 1 amide bonds. The van der Waals surface area contributed by atoms with Crippen LogP contribution in [0.25, 0.3) is 0 Å². The largest absolute Gasteiger partial charge is 0.481 e. The van der Waals surface area contributed by atoms with Gasteiger partial charge in [0, 0.05) is 13.1 Å². The number of hydrogen-bond acceptors (Lipinski definition) is 3. The molecule has 20 heavy (non-hydrogen) atoms. The van der Waals surface area contributed by atoms with E-state index < -0.39 is 5.97 Å². The number of aliphatic carboxylic acids is 1. The van der Waals surface area contributed by atoms with Crippen LogP contribution in [0, 0.1) is 11.8 Å². The molecule has 5 nitrogen and oxygen atoms in total. The summed E-state index contributed by atoms with van der Waals surface area (Å²) < 4.78 is 0. The number of carbonyl (C=O) groups excluding carboxylic acids is 1. The molecular weight excluding hydrogens is 256 g/mol. The molecule has 1 N–H and O–H groups in total. The lowest BCUT2D eigenvalue weighted by atomic mass is 9.98. The summed E-state index contributed by atoms with van der Waals surface area (Å²) in [4.78, 5) is 27.8. The van der Waals surface area contributed by atoms with Crippen molar-refractivity contribution in [1.82, 2.24) is 9.80 Å². The van der Waals surface area contributed by atoms with E-state index in [0.717, 1.165) is 25.9 Å². The number of likely N-dealkylation sites (tertiary alicyclic amines) is 2. The van der Waals surface area contributed by atoms with Crippen molar-refractivity contribution < 1.29 is 14.7 Å². The maximum atomic E-state index is 12.7. The van der Waals surface area contributed by atoms with E-state index in [4.69, 9.17) is 5.11 Å². The van der Waals surface area contributed by atoms with Crippen LogP contribution in [0.5, 0.6) is 0 Å². The normalized spacial score (nSPS) is 25.9. The molecule has 0 unspecified atom stereocenters. The molecule has 2 atom stereocenters. The van der Waals surface area contributed by atoms with Gasteiger partial charge in [-0.3, -0.25) is 14.5 Å². The first-order valence-corrected chi connectivity index (χ1v) is 7.76. The van der Waals surface area contributed by atoms with Crippen LogP contribution in [0.4, 0.5) is 0 Å². The van der Waals surface area contributed by atoms with Crippen molar-refractivity contribution in [2.45, 2.75) is 45.6 Å². The van der Waals surface area contributed by atoms with Crippen molar-refractivity contribution in [2.75, 3.05) is 26.2 Å². The second-order valence-corrected chi connectivity index (χ2v) is 6.39. The van der Waals surface area contributed by atoms with Crippen molar-refractivity contribution >= 4 is 11.9 Å². The van der Waals surface area contributed by atoms with Gasteiger partial charge >= 0.3 is 5.97 Å². The lowest BCUT2D eigenvalue weighted by Crippen LogP contribution is -2.52. The zero-order valence-electron chi connectivity index (χ0n) is 12.5. The van der Waals surface area contributed by atoms with Crippen molar-refractivity contribution in [3.05, 3.63) is 0 Å². The molecule has 114 valence electrons. The van der Waals surface area contributed by atoms with Gasteiger partial charge in [0.2, 0.25) is 5.91 Å². The second kappa shape index (κ2) is 6.57. The third-order valence-electron chi connectivity index (χ3n) is 4.52. The third kappa shape index (κ3) is 3.32. The monoisotopic (exact) mass is 282 g/mol. The molecule has 2 rings (SSSR count). The molecule has 0 aliphatic carbocycles. The minimum atomic E-state index is -0.778. The van der Waals surface area contributed by atoms with Crippen molar-refractivity contribution in [3.8, 4) is 0 Å². The Balaban J connectivity index is 2.02. The Bertz CT molecular complexity index is 364. The van der Waals surface area contributed by atoms with Crippen molar-refractivity contribution in [1.29, 1.82) is 0 Å². The van der Waals surface area contributed by atoms with Gasteiger partial charge in [0.05, 0.1) is 12.0 Å². The fraction of sp³-hybridized carbons (Fsp3) is 0.867. The third-order valence-corrected chi connectivity index (χ3v) is 4.52. The Hall–Kier alpha value is -1.10. The smallest absolute Gasteiger partial charge is 0.308 e. The predicted molar refractivity (Wildman–Crippen MR) is 76.4 cm³/mol. The van der Waals surface area contributed by atoms with Gasteiger partial charge in [-0.15, -0.1) is 0 Å². The maximum absolute atomic E-state index is 12.7. The summed E-state index contributed by atoms with van der Waals surface area (Å²) in [7, 11) is 0. The average molecular weight is 282 g/mol. The van der Waals surface area contributed by atoms with Crippen LogP contribution >= 0.6 is 0 Å². The molecule has 2 fully saturated rings. The summed E-state index contributed by atoms with van der Waals surface area (Å²) in [6, 6.07) is -0.0807. The minimum absolute atomic E-state index is 0.0807. The lowest BCUT2D eigenvalue weighted by molar-refractivity contribution is -0.142. The number of carboxylic acid groups (broad SMARTS) is 1. The number of amides is 1. The van der Waals surface area contributed by atoms with Gasteiger partial charge in [0.1, 0.15) is 0 Å². The standard InChI is InChI=1S/C15H26N2O3/c1-11(2)13(16-7-4-3-5-8-16)14(18)17-9-6-12(10-17)15(19)20/h11-13H,3-10H2,1-2H3,(H,19,20)/t12-,13+/m1/s1. The first kappa shape index (κ1) is 15.3. The summed E-state index contributed by atoms with van der Waals surface area (Å²) in [5.74, 6) is -0.761. The van der Waals surface area contributed by atoms with Gasteiger partial charge in [-0.2, -0.15) is 0 Å². The van der Waals surface area contributed by atoms with Gasteiger partial charge in [0.15, 0.2) is 0 Å². The second-order valence-electron chi connectivity index (χ2n) is 6.39. The number of carboxylic acids is 1. The van der Waals surface area contributed by atoms with Gasteiger partial charge in [-0.25, -0.2) is 0 Å². The van der Waals surface area contributed by atoms with E-state index in [1.165, 1.54) is 6.42 Å². The molecule has 0 radical (unpaired) electrons. The number of nitrogens with zero attached hydrogens (tertiary/aromatic N) is 2. The highest BCUT2D eigenvalue weighted by molar-refractivity contribution is 5.83. The summed E-state index contributed by atoms with van der Waals surface area (Å²) >= 11 is 0. The van der Waals surface area contributed by atoms with Crippen molar-refractivity contribution in [3.63, 3.8) is 0 Å². The zero-order chi connectivity index (χ0) is 14.7. The molecular formula is C15H26N2O3. The molecule has 0 aromatic rings. The van der Waals surface area contributed by atoms with Crippen LogP contribution < -0.4 is 0 Å². The Morgan fingerprint density at radius 2 is 1.75 bits per heavy atom. The minimum Gasteiger partial charge on any atom is -0.481 e. The topological polar surface area (TPSA) is 60.9 Å². The number of piperidine rings is 1. The molecule has 0 bridgehead atoms. The molecule has 0 spiro atoms. The molecule has 5 heteroatoms. The van der Waals surface area contributed by atoms with Gasteiger partial charge in [-0.05, 0) is 38.3 Å². The summed E-state index contributed by atoms with van der Waals surface area (Å²) in [5.41, 5.74) is 0. The van der Waals surface area contributed by atoms with Gasteiger partial charge in [0.25, 0.3) is 0 Å². The van der Waals surface area contributed by atoms with Gasteiger partial charge in [-0.1, -0.05) is 20.3 Å². The lowest BCUT2D eigenvalue weighted by Gasteiger charge is -2.37. The maximum Gasteiger partial charge on any atom is 0.308 e. The van der Waals surface area contributed by atoms with Crippen LogP contribution in [0.2, 0.25) is 0 Å². The summed E-state index contributed by atoms with van der Waals surface area (Å²) in [6.07, 6.45) is 4.16. The highest BCUT2D eigenvalue weighted by Gasteiger charge is 2.37. The zero-order valence-corrected chi connectivity index (χ0v) is 12.5. The Morgan fingerprint density at radius 1 is 1.10 bits per heavy atom. The number of rotatable bonds is 4. The van der Waals surface area contributed by atoms with Crippen LogP contribution in [-0.4, -0.2) is 59.0 Å². The predicted octanol–water partition coefficient (Wildman–Crippen LogP) is 1.43. The molecule has 0 aromatic carbocycles. The van der Waals surface area contributed by atoms with E-state index >= 15 is 0 Å². The number of hydrogen-bond donors (Lipinski definition) is 1. The van der Waals surface area contributed by atoms with E-state index in [-0.39, 0.29) is 23.8 Å². The van der Waals surface area contributed by atoms with E-state index in [1.807, 2.05) is 0 Å². The van der Waals surface area contributed by atoms with Gasteiger partial charge < -0.3 is 10.0 Å². The SMILES string of the molecule is CC(C)[C@@H](C(=O)N1CC[C@@H](C(=O)O)C1)N1CCCCC1. The van der Waals surface area contributed by atoms with E-state index in [2.05, 4.69) is 18.7 Å². The molecule has 0 saturated carbocycles. The van der Waals surface area contributed by atoms with Crippen LogP contribution in [0.15, 0.2) is 0 Å². The van der Waals surface area contributed by atoms with Crippen LogP contribution in [0.1, 0.15) is 39.5 Å². The van der Waals surface area contributed by atoms with Crippen molar-refractivity contribution in [2.24, 2.45) is 11.8 Å². The Morgan fingerprint density at radius 3 is 2.25 bits per heavy atom. The highest BCUT2D eigenvalue weighted by atomic mass is 16.4. The van der Waals surface area contributed by atoms with E-state index in [1.54, 1.807) is 4.90 Å².